The Balaban J connectivity index is 1.71. The Morgan fingerprint density at radius 2 is 1.75 bits per heavy atom. The number of nitrogen functional groups attached to an aromatic ring is 1. The lowest BCUT2D eigenvalue weighted by atomic mass is 9.71. The third-order valence-corrected chi connectivity index (χ3v) is 4.60. The van der Waals surface area contributed by atoms with Gasteiger partial charge in [0.15, 0.2) is 5.79 Å². The first-order chi connectivity index (χ1) is 9.64. The predicted molar refractivity (Wildman–Crippen MR) is 77.6 cm³/mol. The molecule has 1 saturated heterocycles. The molecule has 1 aromatic carbocycles. The topological polar surface area (TPSA) is 53.7 Å². The minimum Gasteiger partial charge on any atom is -0.493 e. The molecular weight excluding hydrogens is 254 g/mol. The van der Waals surface area contributed by atoms with E-state index in [2.05, 4.69) is 6.92 Å². The smallest absolute Gasteiger partial charge is 0.177 e. The predicted octanol–water partition coefficient (Wildman–Crippen LogP) is 2.97. The number of nitrogens with two attached hydrogens (primary N) is 1. The van der Waals surface area contributed by atoms with E-state index in [1.807, 2.05) is 24.3 Å². The standard InChI is InChI=1S/C16H23NO3/c1-15(12-18-14-6-4-13(17)5-7-14)8-2-3-9-16(15)19-10-11-20-16/h4-7H,2-3,8-12,17H2,1H3. The summed E-state index contributed by atoms with van der Waals surface area (Å²) in [6, 6.07) is 7.53. The van der Waals surface area contributed by atoms with Crippen LogP contribution in [0.1, 0.15) is 32.6 Å². The maximum Gasteiger partial charge on any atom is 0.177 e. The highest BCUT2D eigenvalue weighted by molar-refractivity contribution is 5.41. The quantitative estimate of drug-likeness (QED) is 0.863. The van der Waals surface area contributed by atoms with Crippen molar-refractivity contribution in [2.75, 3.05) is 25.6 Å². The summed E-state index contributed by atoms with van der Waals surface area (Å²) in [7, 11) is 0. The molecule has 20 heavy (non-hydrogen) atoms. The van der Waals surface area contributed by atoms with E-state index in [0.29, 0.717) is 19.8 Å². The van der Waals surface area contributed by atoms with Gasteiger partial charge in [0.2, 0.25) is 0 Å². The number of hydrogen-bond acceptors (Lipinski definition) is 4. The molecule has 1 atom stereocenters. The molecular formula is C16H23NO3. The van der Waals surface area contributed by atoms with Crippen molar-refractivity contribution in [1.82, 2.24) is 0 Å². The van der Waals surface area contributed by atoms with Crippen LogP contribution in [0.4, 0.5) is 5.69 Å². The minimum atomic E-state index is -0.445. The molecule has 4 nitrogen and oxygen atoms in total. The normalized spacial score (nSPS) is 28.6. The maximum atomic E-state index is 5.98. The van der Waals surface area contributed by atoms with Crippen molar-refractivity contribution in [2.45, 2.75) is 38.4 Å². The van der Waals surface area contributed by atoms with Gasteiger partial charge in [0.05, 0.1) is 25.2 Å². The summed E-state index contributed by atoms with van der Waals surface area (Å²) in [6.45, 7) is 4.21. The van der Waals surface area contributed by atoms with E-state index in [0.717, 1.165) is 30.7 Å². The number of benzene rings is 1. The summed E-state index contributed by atoms with van der Waals surface area (Å²) < 4.78 is 17.9. The summed E-state index contributed by atoms with van der Waals surface area (Å²) in [5.74, 6) is 0.401. The van der Waals surface area contributed by atoms with Crippen LogP contribution in [-0.4, -0.2) is 25.6 Å². The molecule has 1 heterocycles. The average molecular weight is 277 g/mol. The van der Waals surface area contributed by atoms with Crippen LogP contribution < -0.4 is 10.5 Å². The lowest BCUT2D eigenvalue weighted by Crippen LogP contribution is -2.53. The van der Waals surface area contributed by atoms with Gasteiger partial charge in [-0.15, -0.1) is 0 Å². The third-order valence-electron chi connectivity index (χ3n) is 4.60. The zero-order valence-corrected chi connectivity index (χ0v) is 12.1. The molecule has 1 aromatic rings. The first-order valence-electron chi connectivity index (χ1n) is 7.40. The monoisotopic (exact) mass is 277 g/mol. The molecule has 2 N–H and O–H groups in total. The van der Waals surface area contributed by atoms with Crippen LogP contribution in [0.5, 0.6) is 5.75 Å². The van der Waals surface area contributed by atoms with E-state index in [4.69, 9.17) is 19.9 Å². The summed E-state index contributed by atoms with van der Waals surface area (Å²) in [6.07, 6.45) is 4.41. The highest BCUT2D eigenvalue weighted by atomic mass is 16.7. The van der Waals surface area contributed by atoms with Gasteiger partial charge >= 0.3 is 0 Å². The highest BCUT2D eigenvalue weighted by Gasteiger charge is 2.54. The number of rotatable bonds is 3. The number of anilines is 1. The Morgan fingerprint density at radius 1 is 1.10 bits per heavy atom. The van der Waals surface area contributed by atoms with E-state index >= 15 is 0 Å². The van der Waals surface area contributed by atoms with Crippen molar-refractivity contribution in [2.24, 2.45) is 5.41 Å². The Bertz CT molecular complexity index is 453. The largest absolute Gasteiger partial charge is 0.493 e. The van der Waals surface area contributed by atoms with E-state index in [-0.39, 0.29) is 5.41 Å². The van der Waals surface area contributed by atoms with Gasteiger partial charge in [0.1, 0.15) is 5.75 Å². The molecule has 110 valence electrons. The van der Waals surface area contributed by atoms with Gasteiger partial charge in [-0.1, -0.05) is 13.3 Å². The average Bonchev–Trinajstić information content (AvgIpc) is 2.92. The molecule has 1 aliphatic heterocycles. The summed E-state index contributed by atoms with van der Waals surface area (Å²) in [4.78, 5) is 0. The van der Waals surface area contributed by atoms with E-state index in [9.17, 15) is 0 Å². The van der Waals surface area contributed by atoms with E-state index in [1.165, 1.54) is 6.42 Å². The fourth-order valence-electron chi connectivity index (χ4n) is 3.30. The van der Waals surface area contributed by atoms with Gasteiger partial charge in [-0.25, -0.2) is 0 Å². The summed E-state index contributed by atoms with van der Waals surface area (Å²) in [5.41, 5.74) is 6.35. The Labute approximate surface area is 120 Å². The van der Waals surface area contributed by atoms with Crippen LogP contribution in [0.25, 0.3) is 0 Å². The zero-order chi connectivity index (χ0) is 14.1. The minimum absolute atomic E-state index is 0.0941. The highest BCUT2D eigenvalue weighted by Crippen LogP contribution is 2.49. The summed E-state index contributed by atoms with van der Waals surface area (Å²) in [5, 5.41) is 0. The van der Waals surface area contributed by atoms with Gasteiger partial charge in [0, 0.05) is 12.1 Å². The third kappa shape index (κ3) is 2.38. The Hall–Kier alpha value is -1.26. The molecule has 2 aliphatic rings. The second-order valence-electron chi connectivity index (χ2n) is 6.08. The van der Waals surface area contributed by atoms with Crippen LogP contribution in [0.2, 0.25) is 0 Å². The molecule has 0 bridgehead atoms. The Kier molecular flexibility index (Phi) is 3.61. The molecule has 0 amide bonds. The van der Waals surface area contributed by atoms with E-state index < -0.39 is 5.79 Å². The van der Waals surface area contributed by atoms with Gasteiger partial charge < -0.3 is 19.9 Å². The van der Waals surface area contributed by atoms with Crippen molar-refractivity contribution < 1.29 is 14.2 Å². The molecule has 1 saturated carbocycles. The fourth-order valence-corrected chi connectivity index (χ4v) is 3.30. The van der Waals surface area contributed by atoms with Crippen molar-refractivity contribution in [3.63, 3.8) is 0 Å². The maximum absolute atomic E-state index is 5.98. The molecule has 1 spiro atoms. The Morgan fingerprint density at radius 3 is 2.45 bits per heavy atom. The van der Waals surface area contributed by atoms with Crippen LogP contribution in [0, 0.1) is 5.41 Å². The molecule has 0 radical (unpaired) electrons. The van der Waals surface area contributed by atoms with Crippen LogP contribution in [0.3, 0.4) is 0 Å². The van der Waals surface area contributed by atoms with Crippen LogP contribution in [0.15, 0.2) is 24.3 Å². The first-order valence-corrected chi connectivity index (χ1v) is 7.40. The van der Waals surface area contributed by atoms with E-state index in [1.54, 1.807) is 0 Å². The van der Waals surface area contributed by atoms with Gasteiger partial charge in [0.25, 0.3) is 0 Å². The second-order valence-corrected chi connectivity index (χ2v) is 6.08. The number of hydrogen-bond donors (Lipinski definition) is 1. The van der Waals surface area contributed by atoms with Crippen LogP contribution >= 0.6 is 0 Å². The lowest BCUT2D eigenvalue weighted by molar-refractivity contribution is -0.257. The molecule has 1 unspecified atom stereocenters. The molecule has 4 heteroatoms. The van der Waals surface area contributed by atoms with Crippen molar-refractivity contribution in [1.29, 1.82) is 0 Å². The molecule has 3 rings (SSSR count). The second kappa shape index (κ2) is 5.26. The number of ether oxygens (including phenoxy) is 3. The lowest BCUT2D eigenvalue weighted by Gasteiger charge is -2.47. The SMILES string of the molecule is CC1(COc2ccc(N)cc2)CCCCC12OCCO2. The first kappa shape index (κ1) is 13.7. The molecule has 0 aromatic heterocycles. The van der Waals surface area contributed by atoms with Crippen molar-refractivity contribution in [3.05, 3.63) is 24.3 Å². The fraction of sp³-hybridized carbons (Fsp3) is 0.625. The van der Waals surface area contributed by atoms with Crippen molar-refractivity contribution in [3.8, 4) is 5.75 Å². The van der Waals surface area contributed by atoms with Gasteiger partial charge in [-0.2, -0.15) is 0 Å². The van der Waals surface area contributed by atoms with Crippen LogP contribution in [-0.2, 0) is 9.47 Å². The summed E-state index contributed by atoms with van der Waals surface area (Å²) >= 11 is 0. The van der Waals surface area contributed by atoms with Gasteiger partial charge in [-0.05, 0) is 37.1 Å². The van der Waals surface area contributed by atoms with Crippen molar-refractivity contribution >= 4 is 5.69 Å². The zero-order valence-electron chi connectivity index (χ0n) is 12.1. The molecule has 1 aliphatic carbocycles. The molecule has 2 fully saturated rings. The van der Waals surface area contributed by atoms with Gasteiger partial charge in [-0.3, -0.25) is 0 Å².